The quantitative estimate of drug-likeness (QED) is 0.612. The summed E-state index contributed by atoms with van der Waals surface area (Å²) in [7, 11) is 1.51. The molecule has 2 N–H and O–H groups in total. The second-order valence-corrected chi connectivity index (χ2v) is 7.64. The number of aryl methyl sites for hydroxylation is 2. The van der Waals surface area contributed by atoms with Gasteiger partial charge in [0.1, 0.15) is 16.4 Å². The maximum atomic E-state index is 13.4. The molecule has 0 aromatic carbocycles. The summed E-state index contributed by atoms with van der Waals surface area (Å²) in [6, 6.07) is 0.802. The summed E-state index contributed by atoms with van der Waals surface area (Å²) in [5, 5.41) is 12.5. The Hall–Kier alpha value is -3.15. The van der Waals surface area contributed by atoms with Gasteiger partial charge in [0.05, 0.1) is 11.9 Å². The van der Waals surface area contributed by atoms with E-state index in [1.54, 1.807) is 0 Å². The molecule has 0 saturated heterocycles. The lowest BCUT2D eigenvalue weighted by Crippen LogP contribution is -2.30. The summed E-state index contributed by atoms with van der Waals surface area (Å²) in [6.45, 7) is 5.61. The van der Waals surface area contributed by atoms with Crippen molar-refractivity contribution in [1.29, 1.82) is 0 Å². The van der Waals surface area contributed by atoms with Gasteiger partial charge in [-0.05, 0) is 18.9 Å². The molecule has 31 heavy (non-hydrogen) atoms. The number of halogens is 4. The van der Waals surface area contributed by atoms with Crippen molar-refractivity contribution in [2.75, 3.05) is 11.9 Å². The minimum absolute atomic E-state index is 0.0575. The number of nitrogens with one attached hydrogen (secondary N) is 2. The highest BCUT2D eigenvalue weighted by Gasteiger charge is 2.36. The van der Waals surface area contributed by atoms with E-state index in [2.05, 4.69) is 25.8 Å². The maximum absolute atomic E-state index is 13.4. The molecule has 0 aliphatic carbocycles. The molecule has 166 valence electrons. The summed E-state index contributed by atoms with van der Waals surface area (Å²) in [5.74, 6) is -1.18. The number of aromatic nitrogens is 5. The average Bonchev–Trinajstić information content (AvgIpc) is 3.18. The summed E-state index contributed by atoms with van der Waals surface area (Å²) in [6.07, 6.45) is -3.49. The van der Waals surface area contributed by atoms with Crippen LogP contribution >= 0.6 is 11.6 Å². The van der Waals surface area contributed by atoms with Gasteiger partial charge in [-0.2, -0.15) is 23.4 Å². The Morgan fingerprint density at radius 3 is 2.55 bits per heavy atom. The van der Waals surface area contributed by atoms with E-state index in [0.717, 1.165) is 6.07 Å². The lowest BCUT2D eigenvalue weighted by atomic mass is 10.2. The zero-order valence-electron chi connectivity index (χ0n) is 17.0. The predicted octanol–water partition coefficient (Wildman–Crippen LogP) is 3.08. The van der Waals surface area contributed by atoms with Crippen LogP contribution in [0.5, 0.6) is 0 Å². The van der Waals surface area contributed by atoms with E-state index >= 15 is 0 Å². The third-order valence-corrected chi connectivity index (χ3v) is 4.59. The zero-order valence-corrected chi connectivity index (χ0v) is 17.8. The van der Waals surface area contributed by atoms with Crippen molar-refractivity contribution in [3.05, 3.63) is 40.1 Å². The second-order valence-electron chi connectivity index (χ2n) is 7.27. The predicted molar refractivity (Wildman–Crippen MR) is 106 cm³/mol. The molecule has 0 radical (unpaired) electrons. The third-order valence-electron chi connectivity index (χ3n) is 4.24. The molecule has 3 aromatic heterocycles. The Morgan fingerprint density at radius 1 is 1.26 bits per heavy atom. The lowest BCUT2D eigenvalue weighted by molar-refractivity contribution is -0.142. The highest BCUT2D eigenvalue weighted by atomic mass is 35.5. The topological polar surface area (TPSA) is 106 Å². The molecular weight excluding hydrogens is 439 g/mol. The van der Waals surface area contributed by atoms with Crippen LogP contribution in [0.1, 0.15) is 46.2 Å². The normalized spacial score (nSPS) is 11.9. The van der Waals surface area contributed by atoms with Gasteiger partial charge in [-0.1, -0.05) is 25.4 Å². The van der Waals surface area contributed by atoms with Crippen molar-refractivity contribution >= 4 is 34.7 Å². The molecule has 3 rings (SSSR count). The van der Waals surface area contributed by atoms with Gasteiger partial charge in [0.2, 0.25) is 0 Å². The minimum atomic E-state index is -4.74. The van der Waals surface area contributed by atoms with E-state index in [4.69, 9.17) is 11.6 Å². The number of hydrogen-bond donors (Lipinski definition) is 2. The first kappa shape index (κ1) is 22.5. The summed E-state index contributed by atoms with van der Waals surface area (Å²) in [4.78, 5) is 29.2. The Labute approximate surface area is 179 Å². The van der Waals surface area contributed by atoms with Gasteiger partial charge >= 0.3 is 6.18 Å². The van der Waals surface area contributed by atoms with E-state index in [9.17, 15) is 22.8 Å². The molecule has 0 atom stereocenters. The van der Waals surface area contributed by atoms with E-state index in [-0.39, 0.29) is 33.7 Å². The number of anilines is 1. The standard InChI is InChI=1S/C18H19ClF3N7O2/c1-8(2)6-23-17(31)14-10(7-24-28(14)4)26-16(30)13-12(19)15-25-9(3)5-11(18(20,21)22)29(15)27-13/h5,7-8H,6H2,1-4H3,(H,23,31)(H,26,30). The van der Waals surface area contributed by atoms with Crippen LogP contribution in [0.3, 0.4) is 0 Å². The van der Waals surface area contributed by atoms with E-state index in [1.807, 2.05) is 13.8 Å². The molecular formula is C18H19ClF3N7O2. The highest BCUT2D eigenvalue weighted by Crippen LogP contribution is 2.32. The van der Waals surface area contributed by atoms with Crippen molar-refractivity contribution in [3.8, 4) is 0 Å². The van der Waals surface area contributed by atoms with Crippen LogP contribution in [0, 0.1) is 12.8 Å². The SMILES string of the molecule is Cc1cc(C(F)(F)F)n2nc(C(=O)Nc3cnn(C)c3C(=O)NCC(C)C)c(Cl)c2n1. The Morgan fingerprint density at radius 2 is 1.94 bits per heavy atom. The number of nitrogens with zero attached hydrogens (tertiary/aromatic N) is 5. The molecule has 0 unspecified atom stereocenters. The third kappa shape index (κ3) is 4.48. The van der Waals surface area contributed by atoms with Gasteiger partial charge in [-0.3, -0.25) is 14.3 Å². The molecule has 13 heteroatoms. The van der Waals surface area contributed by atoms with E-state index in [0.29, 0.717) is 11.1 Å². The first-order valence-corrected chi connectivity index (χ1v) is 9.52. The number of rotatable bonds is 5. The van der Waals surface area contributed by atoms with Crippen LogP contribution in [0.15, 0.2) is 12.3 Å². The number of carbonyl (C=O) groups is 2. The maximum Gasteiger partial charge on any atom is 0.433 e. The monoisotopic (exact) mass is 457 g/mol. The molecule has 0 aliphatic rings. The van der Waals surface area contributed by atoms with Gasteiger partial charge in [-0.25, -0.2) is 9.50 Å². The first-order valence-electron chi connectivity index (χ1n) is 9.14. The van der Waals surface area contributed by atoms with Gasteiger partial charge in [0.15, 0.2) is 11.3 Å². The lowest BCUT2D eigenvalue weighted by Gasteiger charge is -2.10. The van der Waals surface area contributed by atoms with Crippen molar-refractivity contribution in [3.63, 3.8) is 0 Å². The first-order chi connectivity index (χ1) is 14.4. The zero-order chi connectivity index (χ0) is 23.1. The van der Waals surface area contributed by atoms with Crippen molar-refractivity contribution in [1.82, 2.24) is 29.7 Å². The second kappa shape index (κ2) is 8.17. The molecule has 9 nitrogen and oxygen atoms in total. The van der Waals surface area contributed by atoms with Crippen molar-refractivity contribution in [2.45, 2.75) is 26.9 Å². The van der Waals surface area contributed by atoms with Crippen LogP contribution in [0.4, 0.5) is 18.9 Å². The molecule has 3 heterocycles. The molecule has 0 aliphatic heterocycles. The smallest absolute Gasteiger partial charge is 0.350 e. The molecule has 3 aromatic rings. The molecule has 0 spiro atoms. The fourth-order valence-electron chi connectivity index (χ4n) is 2.82. The Kier molecular flexibility index (Phi) is 5.94. The van der Waals surface area contributed by atoms with Crippen molar-refractivity contribution in [2.24, 2.45) is 13.0 Å². The van der Waals surface area contributed by atoms with Crippen LogP contribution < -0.4 is 10.6 Å². The van der Waals surface area contributed by atoms with Crippen LogP contribution in [-0.2, 0) is 13.2 Å². The fourth-order valence-corrected chi connectivity index (χ4v) is 3.07. The molecule has 2 amide bonds. The van der Waals surface area contributed by atoms with Crippen molar-refractivity contribution < 1.29 is 22.8 Å². The summed E-state index contributed by atoms with van der Waals surface area (Å²) < 4.78 is 41.9. The highest BCUT2D eigenvalue weighted by molar-refractivity contribution is 6.37. The van der Waals surface area contributed by atoms with E-state index < -0.39 is 29.4 Å². The molecule has 0 bridgehead atoms. The van der Waals surface area contributed by atoms with Gasteiger partial charge < -0.3 is 10.6 Å². The van der Waals surface area contributed by atoms with Crippen LogP contribution in [0.25, 0.3) is 5.65 Å². The summed E-state index contributed by atoms with van der Waals surface area (Å²) >= 11 is 6.13. The van der Waals surface area contributed by atoms with E-state index in [1.165, 1.54) is 24.9 Å². The Bertz CT molecular complexity index is 1170. The minimum Gasteiger partial charge on any atom is -0.350 e. The number of fused-ring (bicyclic) bond motifs is 1. The fraction of sp³-hybridized carbons (Fsp3) is 0.389. The molecule has 0 fully saturated rings. The summed E-state index contributed by atoms with van der Waals surface area (Å²) in [5.41, 5.74) is -1.71. The van der Waals surface area contributed by atoms with Gasteiger partial charge in [-0.15, -0.1) is 0 Å². The number of carbonyl (C=O) groups excluding carboxylic acids is 2. The van der Waals surface area contributed by atoms with Crippen LogP contribution in [0.2, 0.25) is 5.02 Å². The average molecular weight is 458 g/mol. The number of alkyl halides is 3. The number of amides is 2. The number of hydrogen-bond acceptors (Lipinski definition) is 5. The van der Waals surface area contributed by atoms with Crippen LogP contribution in [-0.4, -0.2) is 42.7 Å². The largest absolute Gasteiger partial charge is 0.433 e. The van der Waals surface area contributed by atoms with Gasteiger partial charge in [0.25, 0.3) is 11.8 Å². The van der Waals surface area contributed by atoms with Gasteiger partial charge in [0, 0.05) is 19.3 Å². The Balaban J connectivity index is 1.97. The molecule has 0 saturated carbocycles.